The van der Waals surface area contributed by atoms with Gasteiger partial charge in [0.2, 0.25) is 0 Å². The number of aromatic nitrogens is 1. The van der Waals surface area contributed by atoms with Crippen LogP contribution in [0.5, 0.6) is 0 Å². The number of aryl methyl sites for hydroxylation is 4. The van der Waals surface area contributed by atoms with E-state index < -0.39 is 0 Å². The Morgan fingerprint density at radius 2 is 1.46 bits per heavy atom. The molecule has 0 radical (unpaired) electrons. The fraction of sp³-hybridized carbons (Fsp3) is 0.182. The smallest absolute Gasteiger partial charge is 0.257 e. The first-order valence-corrected chi connectivity index (χ1v) is 8.60. The van der Waals surface area contributed by atoms with E-state index in [0.717, 1.165) is 28.2 Å². The predicted octanol–water partition coefficient (Wildman–Crippen LogP) is 5.31. The number of hydrogen-bond donors (Lipinski definition) is 2. The lowest BCUT2D eigenvalue weighted by atomic mass is 10.0. The summed E-state index contributed by atoms with van der Waals surface area (Å²) in [6.45, 7) is 8.10. The molecule has 0 saturated heterocycles. The number of nitrogens with one attached hydrogen (secondary N) is 2. The fourth-order valence-electron chi connectivity index (χ4n) is 3.00. The lowest BCUT2D eigenvalue weighted by Gasteiger charge is -2.13. The van der Waals surface area contributed by atoms with E-state index in [2.05, 4.69) is 34.7 Å². The minimum atomic E-state index is -0.167. The molecule has 1 aromatic heterocycles. The number of rotatable bonds is 4. The van der Waals surface area contributed by atoms with Crippen molar-refractivity contribution in [3.05, 3.63) is 82.7 Å². The summed E-state index contributed by atoms with van der Waals surface area (Å²) in [4.78, 5) is 16.9. The molecule has 0 fully saturated rings. The summed E-state index contributed by atoms with van der Waals surface area (Å²) in [7, 11) is 0. The number of nitrogens with zero attached hydrogens (tertiary/aromatic N) is 1. The highest BCUT2D eigenvalue weighted by atomic mass is 16.1. The number of anilines is 3. The summed E-state index contributed by atoms with van der Waals surface area (Å²) >= 11 is 0. The molecule has 4 heteroatoms. The van der Waals surface area contributed by atoms with Crippen LogP contribution in [0, 0.1) is 27.7 Å². The van der Waals surface area contributed by atoms with E-state index >= 15 is 0 Å². The minimum Gasteiger partial charge on any atom is -0.354 e. The zero-order valence-electron chi connectivity index (χ0n) is 15.6. The maximum Gasteiger partial charge on any atom is 0.257 e. The molecule has 0 bridgehead atoms. The van der Waals surface area contributed by atoms with Gasteiger partial charge in [-0.1, -0.05) is 35.4 Å². The van der Waals surface area contributed by atoms with Crippen molar-refractivity contribution >= 4 is 23.0 Å². The summed E-state index contributed by atoms with van der Waals surface area (Å²) in [5.41, 5.74) is 7.60. The summed E-state index contributed by atoms with van der Waals surface area (Å²) in [5, 5.41) is 6.29. The number of pyridine rings is 1. The number of amides is 1. The maximum absolute atomic E-state index is 12.7. The van der Waals surface area contributed by atoms with Crippen molar-refractivity contribution in [2.45, 2.75) is 27.7 Å². The van der Waals surface area contributed by atoms with Crippen molar-refractivity contribution in [1.82, 2.24) is 4.98 Å². The van der Waals surface area contributed by atoms with Crippen molar-refractivity contribution in [2.24, 2.45) is 0 Å². The van der Waals surface area contributed by atoms with E-state index in [4.69, 9.17) is 0 Å². The molecule has 0 unspecified atom stereocenters. The minimum absolute atomic E-state index is 0.167. The topological polar surface area (TPSA) is 54.0 Å². The van der Waals surface area contributed by atoms with Crippen LogP contribution < -0.4 is 10.6 Å². The molecule has 3 aromatic rings. The molecule has 4 nitrogen and oxygen atoms in total. The largest absolute Gasteiger partial charge is 0.354 e. The van der Waals surface area contributed by atoms with E-state index in [-0.39, 0.29) is 5.91 Å². The predicted molar refractivity (Wildman–Crippen MR) is 107 cm³/mol. The molecule has 0 saturated carbocycles. The molecule has 0 spiro atoms. The second-order valence-corrected chi connectivity index (χ2v) is 6.68. The first kappa shape index (κ1) is 17.7. The molecule has 2 aromatic carbocycles. The molecule has 0 aliphatic heterocycles. The summed E-state index contributed by atoms with van der Waals surface area (Å²) < 4.78 is 0. The third-order valence-electron chi connectivity index (χ3n) is 4.26. The van der Waals surface area contributed by atoms with Crippen LogP contribution in [0.4, 0.5) is 17.1 Å². The first-order valence-electron chi connectivity index (χ1n) is 8.60. The Morgan fingerprint density at radius 3 is 2.12 bits per heavy atom. The standard InChI is InChI=1S/C22H23N3O/c1-14-5-7-19(8-6-14)24-20-11-18(12-23-13-20)22(26)25-21-16(3)9-15(2)10-17(21)4/h5-13,24H,1-4H3,(H,25,26). The molecule has 1 amide bonds. The van der Waals surface area contributed by atoms with E-state index in [9.17, 15) is 4.79 Å². The number of hydrogen-bond acceptors (Lipinski definition) is 3. The van der Waals surface area contributed by atoms with Crippen LogP contribution >= 0.6 is 0 Å². The fourth-order valence-corrected chi connectivity index (χ4v) is 3.00. The Balaban J connectivity index is 1.79. The van der Waals surface area contributed by atoms with Gasteiger partial charge in [0.15, 0.2) is 0 Å². The molecule has 3 rings (SSSR count). The van der Waals surface area contributed by atoms with Crippen molar-refractivity contribution in [1.29, 1.82) is 0 Å². The number of carbonyl (C=O) groups is 1. The van der Waals surface area contributed by atoms with Gasteiger partial charge >= 0.3 is 0 Å². The van der Waals surface area contributed by atoms with Crippen molar-refractivity contribution in [3.8, 4) is 0 Å². The van der Waals surface area contributed by atoms with Crippen molar-refractivity contribution in [3.63, 3.8) is 0 Å². The van der Waals surface area contributed by atoms with Crippen LogP contribution in [0.3, 0.4) is 0 Å². The first-order chi connectivity index (χ1) is 12.4. The molecular weight excluding hydrogens is 322 g/mol. The van der Waals surface area contributed by atoms with Gasteiger partial charge in [0.05, 0.1) is 17.4 Å². The van der Waals surface area contributed by atoms with Crippen molar-refractivity contribution in [2.75, 3.05) is 10.6 Å². The van der Waals surface area contributed by atoms with E-state index in [1.165, 1.54) is 11.1 Å². The SMILES string of the molecule is Cc1ccc(Nc2cncc(C(=O)Nc3c(C)cc(C)cc3C)c2)cc1. The second-order valence-electron chi connectivity index (χ2n) is 6.68. The van der Waals surface area contributed by atoms with Crippen LogP contribution in [0.1, 0.15) is 32.6 Å². The lowest BCUT2D eigenvalue weighted by molar-refractivity contribution is 0.102. The van der Waals surface area contributed by atoms with Gasteiger partial charge in [0.1, 0.15) is 0 Å². The third kappa shape index (κ3) is 4.09. The van der Waals surface area contributed by atoms with Crippen LogP contribution in [0.15, 0.2) is 54.9 Å². The Labute approximate surface area is 154 Å². The Hall–Kier alpha value is -3.14. The number of benzene rings is 2. The van der Waals surface area contributed by atoms with Gasteiger partial charge in [-0.15, -0.1) is 0 Å². The molecular formula is C22H23N3O. The quantitative estimate of drug-likeness (QED) is 0.673. The monoisotopic (exact) mass is 345 g/mol. The van der Waals surface area contributed by atoms with Gasteiger partial charge in [-0.25, -0.2) is 0 Å². The lowest BCUT2D eigenvalue weighted by Crippen LogP contribution is -2.14. The highest BCUT2D eigenvalue weighted by Crippen LogP contribution is 2.23. The van der Waals surface area contributed by atoms with Gasteiger partial charge in [-0.05, 0) is 57.0 Å². The summed E-state index contributed by atoms with van der Waals surface area (Å²) in [5.74, 6) is -0.167. The van der Waals surface area contributed by atoms with Crippen molar-refractivity contribution < 1.29 is 4.79 Å². The normalized spacial score (nSPS) is 10.5. The van der Waals surface area contributed by atoms with Gasteiger partial charge in [-0.3, -0.25) is 9.78 Å². The van der Waals surface area contributed by atoms with E-state index in [1.54, 1.807) is 18.5 Å². The molecule has 2 N–H and O–H groups in total. The zero-order chi connectivity index (χ0) is 18.7. The Kier molecular flexibility index (Phi) is 5.03. The average Bonchev–Trinajstić information content (AvgIpc) is 2.60. The van der Waals surface area contributed by atoms with E-state index in [0.29, 0.717) is 5.56 Å². The highest BCUT2D eigenvalue weighted by molar-refractivity contribution is 6.05. The number of carbonyl (C=O) groups excluding carboxylic acids is 1. The molecule has 26 heavy (non-hydrogen) atoms. The third-order valence-corrected chi connectivity index (χ3v) is 4.26. The molecule has 1 heterocycles. The summed E-state index contributed by atoms with van der Waals surface area (Å²) in [6, 6.07) is 14.0. The Bertz CT molecular complexity index is 923. The van der Waals surface area contributed by atoms with E-state index in [1.807, 2.05) is 45.0 Å². The van der Waals surface area contributed by atoms with Gasteiger partial charge in [-0.2, -0.15) is 0 Å². The van der Waals surface area contributed by atoms with Gasteiger partial charge in [0, 0.05) is 17.6 Å². The molecule has 132 valence electrons. The van der Waals surface area contributed by atoms with Crippen LogP contribution in [0.25, 0.3) is 0 Å². The second kappa shape index (κ2) is 7.40. The van der Waals surface area contributed by atoms with Crippen LogP contribution in [-0.4, -0.2) is 10.9 Å². The zero-order valence-corrected chi connectivity index (χ0v) is 15.6. The molecule has 0 atom stereocenters. The summed E-state index contributed by atoms with van der Waals surface area (Å²) in [6.07, 6.45) is 3.29. The molecule has 0 aliphatic carbocycles. The molecule has 0 aliphatic rings. The highest BCUT2D eigenvalue weighted by Gasteiger charge is 2.11. The van der Waals surface area contributed by atoms with Crippen LogP contribution in [0.2, 0.25) is 0 Å². The Morgan fingerprint density at radius 1 is 0.808 bits per heavy atom. The maximum atomic E-state index is 12.7. The van der Waals surface area contributed by atoms with Gasteiger partial charge in [0.25, 0.3) is 5.91 Å². The van der Waals surface area contributed by atoms with Gasteiger partial charge < -0.3 is 10.6 Å². The average molecular weight is 345 g/mol. The van der Waals surface area contributed by atoms with Crippen LogP contribution in [-0.2, 0) is 0 Å².